The maximum Gasteiger partial charge on any atom is 0.264 e. The number of carbonyl (C=O) groups excluding carboxylic acids is 1. The molecule has 88 valence electrons. The Kier molecular flexibility index (Phi) is 2.85. The van der Waals surface area contributed by atoms with Crippen molar-refractivity contribution in [2.45, 2.75) is 12.1 Å². The Labute approximate surface area is 98.2 Å². The van der Waals surface area contributed by atoms with E-state index in [9.17, 15) is 13.2 Å². The minimum atomic E-state index is -3.36. The highest BCUT2D eigenvalue weighted by Crippen LogP contribution is 2.37. The van der Waals surface area contributed by atoms with E-state index in [1.165, 1.54) is 35.5 Å². The minimum Gasteiger partial charge on any atom is -0.369 e. The summed E-state index contributed by atoms with van der Waals surface area (Å²) < 4.78 is 29.8. The number of carbonyl (C=O) groups is 1. The molecular formula is C9H11NO4S2. The predicted molar refractivity (Wildman–Crippen MR) is 61.1 cm³/mol. The van der Waals surface area contributed by atoms with Crippen molar-refractivity contribution < 1.29 is 17.9 Å². The number of rotatable bonds is 3. The van der Waals surface area contributed by atoms with Crippen LogP contribution in [-0.2, 0) is 19.4 Å². The number of amides is 1. The zero-order valence-corrected chi connectivity index (χ0v) is 10.4. The summed E-state index contributed by atoms with van der Waals surface area (Å²) in [5.41, 5.74) is 0. The number of nitrogens with zero attached hydrogens (tertiary/aromatic N) is 1. The van der Waals surface area contributed by atoms with Gasteiger partial charge in [-0.3, -0.25) is 9.10 Å². The van der Waals surface area contributed by atoms with E-state index in [4.69, 9.17) is 4.74 Å². The molecule has 1 amide bonds. The molecule has 2 atom stereocenters. The molecule has 2 aliphatic heterocycles. The van der Waals surface area contributed by atoms with Crippen LogP contribution in [0.3, 0.4) is 0 Å². The lowest BCUT2D eigenvalue weighted by molar-refractivity contribution is -0.154. The van der Waals surface area contributed by atoms with Gasteiger partial charge in [0.1, 0.15) is 6.04 Å². The lowest BCUT2D eigenvalue weighted by Crippen LogP contribution is -2.63. The SMILES string of the molecule is CO[C@H]1C(=O)N(SC)[C@H]1C1=CC=CS1(=O)=O. The van der Waals surface area contributed by atoms with Gasteiger partial charge in [0.25, 0.3) is 5.91 Å². The predicted octanol–water partition coefficient (Wildman–Crippen LogP) is 0.316. The van der Waals surface area contributed by atoms with Crippen LogP contribution in [0.1, 0.15) is 0 Å². The molecule has 0 spiro atoms. The van der Waals surface area contributed by atoms with E-state index in [-0.39, 0.29) is 10.8 Å². The Morgan fingerprint density at radius 2 is 2.19 bits per heavy atom. The first-order chi connectivity index (χ1) is 7.53. The molecule has 0 aromatic heterocycles. The van der Waals surface area contributed by atoms with Gasteiger partial charge in [-0.2, -0.15) is 0 Å². The maximum atomic E-state index is 11.7. The average molecular weight is 261 g/mol. The van der Waals surface area contributed by atoms with Crippen LogP contribution < -0.4 is 0 Å². The van der Waals surface area contributed by atoms with Crippen LogP contribution in [0.2, 0.25) is 0 Å². The molecule has 7 heteroatoms. The lowest BCUT2D eigenvalue weighted by Gasteiger charge is -2.44. The zero-order chi connectivity index (χ0) is 11.9. The Bertz CT molecular complexity index is 466. The second-order valence-electron chi connectivity index (χ2n) is 3.39. The van der Waals surface area contributed by atoms with Crippen molar-refractivity contribution in [1.82, 2.24) is 4.31 Å². The molecule has 2 heterocycles. The highest BCUT2D eigenvalue weighted by Gasteiger charge is 2.52. The van der Waals surface area contributed by atoms with Crippen LogP contribution in [-0.4, -0.2) is 44.1 Å². The van der Waals surface area contributed by atoms with Crippen molar-refractivity contribution in [2.24, 2.45) is 0 Å². The molecule has 0 N–H and O–H groups in total. The van der Waals surface area contributed by atoms with E-state index in [0.29, 0.717) is 0 Å². The summed E-state index contributed by atoms with van der Waals surface area (Å²) in [6.07, 6.45) is 4.03. The minimum absolute atomic E-state index is 0.192. The van der Waals surface area contributed by atoms with E-state index >= 15 is 0 Å². The van der Waals surface area contributed by atoms with Gasteiger partial charge in [-0.25, -0.2) is 8.42 Å². The molecule has 1 fully saturated rings. The monoisotopic (exact) mass is 261 g/mol. The second kappa shape index (κ2) is 3.90. The molecule has 1 saturated heterocycles. The number of methoxy groups -OCH3 is 1. The van der Waals surface area contributed by atoms with E-state index in [1.54, 1.807) is 6.26 Å². The van der Waals surface area contributed by atoms with Gasteiger partial charge in [-0.15, -0.1) is 0 Å². The summed E-state index contributed by atoms with van der Waals surface area (Å²) in [5.74, 6) is -0.192. The molecule has 16 heavy (non-hydrogen) atoms. The van der Waals surface area contributed by atoms with Crippen molar-refractivity contribution in [3.8, 4) is 0 Å². The molecule has 0 aromatic carbocycles. The molecule has 0 radical (unpaired) electrons. The summed E-state index contributed by atoms with van der Waals surface area (Å²) in [5, 5.41) is 1.14. The number of ether oxygens (including phenoxy) is 1. The number of allylic oxidation sites excluding steroid dienone is 2. The molecule has 2 aliphatic rings. The highest BCUT2D eigenvalue weighted by molar-refractivity contribution is 7.98. The number of β-lactam (4-membered cyclic amide) rings is 1. The maximum absolute atomic E-state index is 11.7. The van der Waals surface area contributed by atoms with Gasteiger partial charge in [0, 0.05) is 18.8 Å². The second-order valence-corrected chi connectivity index (χ2v) is 5.98. The highest BCUT2D eigenvalue weighted by atomic mass is 32.2. The summed E-state index contributed by atoms with van der Waals surface area (Å²) in [6, 6.07) is -0.507. The Balaban J connectivity index is 2.31. The topological polar surface area (TPSA) is 63.7 Å². The quantitative estimate of drug-likeness (QED) is 0.540. The molecule has 0 bridgehead atoms. The van der Waals surface area contributed by atoms with E-state index in [1.807, 2.05) is 0 Å². The van der Waals surface area contributed by atoms with Gasteiger partial charge in [-0.1, -0.05) is 11.9 Å². The Morgan fingerprint density at radius 1 is 1.50 bits per heavy atom. The number of hydrogen-bond acceptors (Lipinski definition) is 5. The van der Waals surface area contributed by atoms with Crippen LogP contribution in [0.25, 0.3) is 0 Å². The molecule has 0 aromatic rings. The van der Waals surface area contributed by atoms with Crippen molar-refractivity contribution in [1.29, 1.82) is 0 Å². The van der Waals surface area contributed by atoms with Crippen LogP contribution in [0.15, 0.2) is 22.5 Å². The third-order valence-corrected chi connectivity index (χ3v) is 4.94. The fourth-order valence-corrected chi connectivity index (χ4v) is 3.89. The zero-order valence-electron chi connectivity index (χ0n) is 8.78. The fourth-order valence-electron chi connectivity index (χ4n) is 1.81. The van der Waals surface area contributed by atoms with E-state index < -0.39 is 22.0 Å². The largest absolute Gasteiger partial charge is 0.369 e. The lowest BCUT2D eigenvalue weighted by atomic mass is 10.0. The molecule has 0 saturated carbocycles. The number of sulfone groups is 1. The van der Waals surface area contributed by atoms with Crippen LogP contribution in [0, 0.1) is 0 Å². The van der Waals surface area contributed by atoms with Crippen molar-refractivity contribution in [2.75, 3.05) is 13.4 Å². The third kappa shape index (κ3) is 1.50. The summed E-state index contributed by atoms with van der Waals surface area (Å²) in [6.45, 7) is 0. The van der Waals surface area contributed by atoms with Crippen LogP contribution >= 0.6 is 11.9 Å². The van der Waals surface area contributed by atoms with Gasteiger partial charge >= 0.3 is 0 Å². The van der Waals surface area contributed by atoms with Gasteiger partial charge in [0.05, 0.1) is 4.91 Å². The van der Waals surface area contributed by atoms with Crippen LogP contribution in [0.4, 0.5) is 0 Å². The summed E-state index contributed by atoms with van der Waals surface area (Å²) in [4.78, 5) is 11.8. The molecule has 5 nitrogen and oxygen atoms in total. The molecular weight excluding hydrogens is 250 g/mol. The normalized spacial score (nSPS) is 31.5. The molecule has 0 unspecified atom stereocenters. The van der Waals surface area contributed by atoms with E-state index in [0.717, 1.165) is 5.41 Å². The third-order valence-electron chi connectivity index (χ3n) is 2.59. The smallest absolute Gasteiger partial charge is 0.264 e. The molecule has 2 rings (SSSR count). The van der Waals surface area contributed by atoms with Gasteiger partial charge in [-0.05, 0) is 12.2 Å². The first-order valence-corrected chi connectivity index (χ1v) is 7.29. The van der Waals surface area contributed by atoms with E-state index in [2.05, 4.69) is 0 Å². The Hall–Kier alpha value is -0.790. The molecule has 0 aliphatic carbocycles. The average Bonchev–Trinajstić information content (AvgIpc) is 2.55. The van der Waals surface area contributed by atoms with Crippen molar-refractivity contribution >= 4 is 27.7 Å². The van der Waals surface area contributed by atoms with Crippen molar-refractivity contribution in [3.63, 3.8) is 0 Å². The number of hydrogen-bond donors (Lipinski definition) is 0. The summed E-state index contributed by atoms with van der Waals surface area (Å²) >= 11 is 1.21. The summed E-state index contributed by atoms with van der Waals surface area (Å²) in [7, 11) is -1.96. The standard InChI is InChI=1S/C9H11NO4S2/c1-14-8-7(10(15-2)9(8)11)6-4-3-5-16(6,12)13/h3-5,7-8H,1-2H3/t7-,8+/m0/s1. The first kappa shape index (κ1) is 11.7. The van der Waals surface area contributed by atoms with Gasteiger partial charge in [0.15, 0.2) is 15.9 Å². The van der Waals surface area contributed by atoms with Gasteiger partial charge < -0.3 is 4.74 Å². The van der Waals surface area contributed by atoms with Gasteiger partial charge in [0.2, 0.25) is 0 Å². The van der Waals surface area contributed by atoms with Crippen LogP contribution in [0.5, 0.6) is 0 Å². The Morgan fingerprint density at radius 3 is 2.62 bits per heavy atom. The first-order valence-electron chi connectivity index (χ1n) is 4.56. The fraction of sp³-hybridized carbons (Fsp3) is 0.444. The van der Waals surface area contributed by atoms with Crippen molar-refractivity contribution in [3.05, 3.63) is 22.5 Å².